The van der Waals surface area contributed by atoms with Crippen LogP contribution in [0.5, 0.6) is 11.5 Å². The fourth-order valence-electron chi connectivity index (χ4n) is 1.35. The van der Waals surface area contributed by atoms with E-state index in [1.54, 1.807) is 30.6 Å². The normalized spacial score (nSPS) is 10.1. The highest BCUT2D eigenvalue weighted by Gasteiger charge is 2.07. The molecule has 0 unspecified atom stereocenters. The Morgan fingerprint density at radius 2 is 2.06 bits per heavy atom. The van der Waals surface area contributed by atoms with Crippen LogP contribution in [0.1, 0.15) is 10.4 Å². The molecule has 0 atom stereocenters. The lowest BCUT2D eigenvalue weighted by atomic mass is 10.2. The molecule has 0 radical (unpaired) electrons. The average Bonchev–Trinajstić information content (AvgIpc) is 2.31. The van der Waals surface area contributed by atoms with Gasteiger partial charge in [-0.3, -0.25) is 9.78 Å². The number of rotatable bonds is 3. The number of carbonyl (C=O) groups excluding carboxylic acids is 1. The monoisotopic (exact) mass is 307 g/mol. The first-order valence-corrected chi connectivity index (χ1v) is 5.83. The van der Waals surface area contributed by atoms with Gasteiger partial charge in [0.15, 0.2) is 5.75 Å². The molecule has 0 aliphatic carbocycles. The molecule has 4 N–H and O–H groups in total. The molecule has 1 aromatic heterocycles. The molecule has 0 aliphatic heterocycles. The zero-order chi connectivity index (χ0) is 13.1. The summed E-state index contributed by atoms with van der Waals surface area (Å²) in [6.07, 6.45) is 3.18. The largest absolute Gasteiger partial charge is 0.454 e. The topological polar surface area (TPSA) is 91.2 Å². The number of hydrogen-bond donors (Lipinski definition) is 2. The van der Waals surface area contributed by atoms with Crippen LogP contribution in [0.3, 0.4) is 0 Å². The lowest BCUT2D eigenvalue weighted by molar-refractivity contribution is 0.1000. The standard InChI is InChI=1S/C12H10BrN3O2/c13-8-4-9(6-16-5-8)18-11-3-7(12(15)17)1-2-10(11)14/h1-6H,14H2,(H2,15,17). The third kappa shape index (κ3) is 2.78. The van der Waals surface area contributed by atoms with E-state index in [1.165, 1.54) is 6.07 Å². The van der Waals surface area contributed by atoms with Crippen LogP contribution >= 0.6 is 15.9 Å². The van der Waals surface area contributed by atoms with Crippen molar-refractivity contribution in [1.82, 2.24) is 4.98 Å². The fraction of sp³-hybridized carbons (Fsp3) is 0. The van der Waals surface area contributed by atoms with E-state index in [1.807, 2.05) is 0 Å². The van der Waals surface area contributed by atoms with Crippen molar-refractivity contribution in [2.45, 2.75) is 0 Å². The van der Waals surface area contributed by atoms with Crippen LogP contribution in [0, 0.1) is 0 Å². The lowest BCUT2D eigenvalue weighted by Gasteiger charge is -2.09. The van der Waals surface area contributed by atoms with Gasteiger partial charge in [0.2, 0.25) is 5.91 Å². The minimum absolute atomic E-state index is 0.335. The lowest BCUT2D eigenvalue weighted by Crippen LogP contribution is -2.11. The van der Waals surface area contributed by atoms with Gasteiger partial charge in [0.1, 0.15) is 5.75 Å². The maximum Gasteiger partial charge on any atom is 0.248 e. The first kappa shape index (κ1) is 12.4. The predicted octanol–water partition coefficient (Wildman–Crippen LogP) is 2.32. The minimum atomic E-state index is -0.535. The van der Waals surface area contributed by atoms with Gasteiger partial charge in [0.25, 0.3) is 0 Å². The number of nitrogens with zero attached hydrogens (tertiary/aromatic N) is 1. The first-order valence-electron chi connectivity index (χ1n) is 5.04. The molecule has 1 heterocycles. The third-order valence-electron chi connectivity index (χ3n) is 2.21. The van der Waals surface area contributed by atoms with Crippen molar-refractivity contribution in [2.24, 2.45) is 5.73 Å². The van der Waals surface area contributed by atoms with Gasteiger partial charge < -0.3 is 16.2 Å². The Hall–Kier alpha value is -2.08. The van der Waals surface area contributed by atoms with E-state index in [-0.39, 0.29) is 0 Å². The molecule has 1 amide bonds. The second-order valence-electron chi connectivity index (χ2n) is 3.56. The van der Waals surface area contributed by atoms with Crippen molar-refractivity contribution >= 4 is 27.5 Å². The number of nitrogen functional groups attached to an aromatic ring is 1. The van der Waals surface area contributed by atoms with E-state index in [4.69, 9.17) is 16.2 Å². The van der Waals surface area contributed by atoms with E-state index in [0.717, 1.165) is 4.47 Å². The van der Waals surface area contributed by atoms with Crippen LogP contribution in [0.4, 0.5) is 5.69 Å². The highest BCUT2D eigenvalue weighted by Crippen LogP contribution is 2.29. The summed E-state index contributed by atoms with van der Waals surface area (Å²) in [6, 6.07) is 6.35. The Morgan fingerprint density at radius 1 is 1.28 bits per heavy atom. The molecule has 18 heavy (non-hydrogen) atoms. The summed E-state index contributed by atoms with van der Waals surface area (Å²) in [5, 5.41) is 0. The number of aromatic nitrogens is 1. The Balaban J connectivity index is 2.33. The number of carbonyl (C=O) groups is 1. The summed E-state index contributed by atoms with van der Waals surface area (Å²) < 4.78 is 6.34. The number of nitrogens with two attached hydrogens (primary N) is 2. The van der Waals surface area contributed by atoms with Gasteiger partial charge in [-0.25, -0.2) is 0 Å². The maximum atomic E-state index is 11.1. The van der Waals surface area contributed by atoms with Crippen molar-refractivity contribution in [1.29, 1.82) is 0 Å². The van der Waals surface area contributed by atoms with Crippen molar-refractivity contribution in [2.75, 3.05) is 5.73 Å². The molecular formula is C12H10BrN3O2. The van der Waals surface area contributed by atoms with E-state index in [2.05, 4.69) is 20.9 Å². The quantitative estimate of drug-likeness (QED) is 0.851. The van der Waals surface area contributed by atoms with Gasteiger partial charge in [-0.05, 0) is 40.2 Å². The van der Waals surface area contributed by atoms with Gasteiger partial charge >= 0.3 is 0 Å². The Kier molecular flexibility index (Phi) is 3.47. The predicted molar refractivity (Wildman–Crippen MR) is 71.4 cm³/mol. The van der Waals surface area contributed by atoms with Crippen LogP contribution in [0.2, 0.25) is 0 Å². The third-order valence-corrected chi connectivity index (χ3v) is 2.64. The highest BCUT2D eigenvalue weighted by atomic mass is 79.9. The SMILES string of the molecule is NC(=O)c1ccc(N)c(Oc2cncc(Br)c2)c1. The molecule has 1 aromatic carbocycles. The Bertz CT molecular complexity index is 602. The second kappa shape index (κ2) is 5.05. The number of primary amides is 1. The molecular weight excluding hydrogens is 298 g/mol. The molecule has 0 bridgehead atoms. The molecule has 0 saturated heterocycles. The van der Waals surface area contributed by atoms with Crippen molar-refractivity contribution in [3.8, 4) is 11.5 Å². The van der Waals surface area contributed by atoms with E-state index in [9.17, 15) is 4.79 Å². The van der Waals surface area contributed by atoms with E-state index >= 15 is 0 Å². The second-order valence-corrected chi connectivity index (χ2v) is 4.47. The van der Waals surface area contributed by atoms with Crippen LogP contribution in [-0.2, 0) is 0 Å². The summed E-state index contributed by atoms with van der Waals surface area (Å²) in [7, 11) is 0. The number of halogens is 1. The first-order chi connectivity index (χ1) is 8.56. The molecule has 0 spiro atoms. The van der Waals surface area contributed by atoms with Gasteiger partial charge in [-0.15, -0.1) is 0 Å². The smallest absolute Gasteiger partial charge is 0.248 e. The van der Waals surface area contributed by atoms with Crippen LogP contribution < -0.4 is 16.2 Å². The van der Waals surface area contributed by atoms with Crippen molar-refractivity contribution in [3.63, 3.8) is 0 Å². The van der Waals surface area contributed by atoms with Crippen LogP contribution in [-0.4, -0.2) is 10.9 Å². The molecule has 2 rings (SSSR count). The van der Waals surface area contributed by atoms with Crippen molar-refractivity contribution < 1.29 is 9.53 Å². The zero-order valence-electron chi connectivity index (χ0n) is 9.26. The molecule has 0 saturated carbocycles. The van der Waals surface area contributed by atoms with Crippen molar-refractivity contribution in [3.05, 3.63) is 46.7 Å². The van der Waals surface area contributed by atoms with Gasteiger partial charge in [-0.1, -0.05) is 0 Å². The molecule has 0 fully saturated rings. The molecule has 92 valence electrons. The highest BCUT2D eigenvalue weighted by molar-refractivity contribution is 9.10. The Labute approximate surface area is 112 Å². The average molecular weight is 308 g/mol. The summed E-state index contributed by atoms with van der Waals surface area (Å²) in [5.74, 6) is 0.344. The number of amides is 1. The summed E-state index contributed by atoms with van der Waals surface area (Å²) >= 11 is 3.28. The van der Waals surface area contributed by atoms with Gasteiger partial charge in [0.05, 0.1) is 11.9 Å². The Morgan fingerprint density at radius 3 is 2.72 bits per heavy atom. The summed E-state index contributed by atoms with van der Waals surface area (Å²) in [5.41, 5.74) is 11.7. The van der Waals surface area contributed by atoms with Crippen LogP contribution in [0.25, 0.3) is 0 Å². The number of hydrogen-bond acceptors (Lipinski definition) is 4. The molecule has 5 nitrogen and oxygen atoms in total. The van der Waals surface area contributed by atoms with Crippen LogP contribution in [0.15, 0.2) is 41.1 Å². The summed E-state index contributed by atoms with van der Waals surface area (Å²) in [4.78, 5) is 15.0. The zero-order valence-corrected chi connectivity index (χ0v) is 10.8. The molecule has 0 aliphatic rings. The number of pyridine rings is 1. The fourth-order valence-corrected chi connectivity index (χ4v) is 1.70. The number of benzene rings is 1. The van der Waals surface area contributed by atoms with E-state index < -0.39 is 5.91 Å². The molecule has 6 heteroatoms. The maximum absolute atomic E-state index is 11.1. The van der Waals surface area contributed by atoms with Gasteiger partial charge in [0, 0.05) is 16.2 Å². The number of ether oxygens (including phenoxy) is 1. The summed E-state index contributed by atoms with van der Waals surface area (Å²) in [6.45, 7) is 0. The molecule has 2 aromatic rings. The van der Waals surface area contributed by atoms with Gasteiger partial charge in [-0.2, -0.15) is 0 Å². The minimum Gasteiger partial charge on any atom is -0.454 e. The number of anilines is 1. The van der Waals surface area contributed by atoms with E-state index in [0.29, 0.717) is 22.7 Å².